The number of hydrogen-bond donors (Lipinski definition) is 1. The van der Waals surface area contributed by atoms with E-state index in [1.165, 1.54) is 11.1 Å². The monoisotopic (exact) mass is 322 g/mol. The molecule has 0 saturated carbocycles. The maximum Gasteiger partial charge on any atom is 0.242 e. The van der Waals surface area contributed by atoms with Crippen LogP contribution < -0.4 is 10.1 Å². The number of para-hydroxylation sites is 2. The molecule has 1 N–H and O–H groups in total. The fourth-order valence-electron chi connectivity index (χ4n) is 2.88. The van der Waals surface area contributed by atoms with Crippen molar-refractivity contribution < 1.29 is 9.53 Å². The Morgan fingerprint density at radius 3 is 2.58 bits per heavy atom. The summed E-state index contributed by atoms with van der Waals surface area (Å²) in [6, 6.07) is 18.0. The van der Waals surface area contributed by atoms with E-state index in [-0.39, 0.29) is 12.5 Å². The Labute approximate surface area is 142 Å². The van der Waals surface area contributed by atoms with Crippen LogP contribution in [0.25, 0.3) is 5.57 Å². The number of carbonyl (C=O) groups is 1. The molecule has 124 valence electrons. The number of nitrogens with zero attached hydrogens (tertiary/aromatic N) is 1. The molecule has 24 heavy (non-hydrogen) atoms. The Bertz CT molecular complexity index is 725. The fourth-order valence-corrected chi connectivity index (χ4v) is 2.88. The van der Waals surface area contributed by atoms with Crippen molar-refractivity contribution >= 4 is 17.2 Å². The van der Waals surface area contributed by atoms with E-state index in [9.17, 15) is 4.79 Å². The molecule has 1 heterocycles. The van der Waals surface area contributed by atoms with Gasteiger partial charge in [0.2, 0.25) is 5.91 Å². The maximum absolute atomic E-state index is 12.4. The molecule has 0 radical (unpaired) electrons. The average Bonchev–Trinajstić information content (AvgIpc) is 2.67. The molecule has 0 spiro atoms. The summed E-state index contributed by atoms with van der Waals surface area (Å²) in [5, 5.41) is 3.17. The van der Waals surface area contributed by atoms with E-state index in [4.69, 9.17) is 4.74 Å². The number of hydrogen-bond acceptors (Lipinski definition) is 3. The largest absolute Gasteiger partial charge is 0.495 e. The lowest BCUT2D eigenvalue weighted by Gasteiger charge is -2.27. The second-order valence-corrected chi connectivity index (χ2v) is 5.74. The molecular formula is C20H22N2O2. The minimum Gasteiger partial charge on any atom is -0.495 e. The van der Waals surface area contributed by atoms with Gasteiger partial charge in [-0.25, -0.2) is 0 Å². The van der Waals surface area contributed by atoms with Crippen LogP contribution in [-0.4, -0.2) is 37.6 Å². The lowest BCUT2D eigenvalue weighted by molar-refractivity contribution is -0.128. The van der Waals surface area contributed by atoms with Gasteiger partial charge in [0.25, 0.3) is 0 Å². The molecule has 0 unspecified atom stereocenters. The Morgan fingerprint density at radius 1 is 1.12 bits per heavy atom. The van der Waals surface area contributed by atoms with Gasteiger partial charge < -0.3 is 15.0 Å². The number of carbonyl (C=O) groups excluding carboxylic acids is 1. The lowest BCUT2D eigenvalue weighted by atomic mass is 9.99. The molecule has 2 aromatic carbocycles. The summed E-state index contributed by atoms with van der Waals surface area (Å²) in [7, 11) is 1.63. The van der Waals surface area contributed by atoms with Gasteiger partial charge in [0.05, 0.1) is 19.3 Å². The van der Waals surface area contributed by atoms with Crippen molar-refractivity contribution in [2.75, 3.05) is 32.1 Å². The Balaban J connectivity index is 1.56. The Kier molecular flexibility index (Phi) is 5.16. The summed E-state index contributed by atoms with van der Waals surface area (Å²) in [5.41, 5.74) is 3.40. The van der Waals surface area contributed by atoms with Crippen LogP contribution in [0.15, 0.2) is 60.7 Å². The summed E-state index contributed by atoms with van der Waals surface area (Å²) in [6.07, 6.45) is 3.05. The number of ether oxygens (including phenoxy) is 1. The second kappa shape index (κ2) is 7.68. The van der Waals surface area contributed by atoms with E-state index >= 15 is 0 Å². The first kappa shape index (κ1) is 16.1. The van der Waals surface area contributed by atoms with Gasteiger partial charge in [-0.1, -0.05) is 48.5 Å². The van der Waals surface area contributed by atoms with Gasteiger partial charge in [-0.15, -0.1) is 0 Å². The van der Waals surface area contributed by atoms with Crippen molar-refractivity contribution in [3.05, 3.63) is 66.2 Å². The number of methoxy groups -OCH3 is 1. The zero-order valence-corrected chi connectivity index (χ0v) is 13.9. The van der Waals surface area contributed by atoms with Crippen LogP contribution in [0.5, 0.6) is 5.75 Å². The quantitative estimate of drug-likeness (QED) is 0.917. The van der Waals surface area contributed by atoms with Crippen molar-refractivity contribution in [3.63, 3.8) is 0 Å². The molecule has 2 aromatic rings. The Hall–Kier alpha value is -2.75. The van der Waals surface area contributed by atoms with Crippen LogP contribution in [0.1, 0.15) is 12.0 Å². The predicted octanol–water partition coefficient (Wildman–Crippen LogP) is 3.42. The van der Waals surface area contributed by atoms with Gasteiger partial charge in [-0.05, 0) is 29.7 Å². The number of nitrogens with one attached hydrogen (secondary N) is 1. The summed E-state index contributed by atoms with van der Waals surface area (Å²) >= 11 is 0. The van der Waals surface area contributed by atoms with Crippen molar-refractivity contribution in [2.45, 2.75) is 6.42 Å². The number of benzene rings is 2. The van der Waals surface area contributed by atoms with Crippen molar-refractivity contribution in [3.8, 4) is 5.75 Å². The third kappa shape index (κ3) is 3.77. The molecule has 0 fully saturated rings. The number of anilines is 1. The molecule has 0 aromatic heterocycles. The first-order chi connectivity index (χ1) is 11.8. The van der Waals surface area contributed by atoms with Gasteiger partial charge >= 0.3 is 0 Å². The van der Waals surface area contributed by atoms with Crippen LogP contribution in [0.3, 0.4) is 0 Å². The Morgan fingerprint density at radius 2 is 1.88 bits per heavy atom. The maximum atomic E-state index is 12.4. The van der Waals surface area contributed by atoms with Crippen LogP contribution in [0.4, 0.5) is 5.69 Å². The minimum atomic E-state index is 0.101. The first-order valence-corrected chi connectivity index (χ1v) is 8.17. The molecule has 4 heteroatoms. The van der Waals surface area contributed by atoms with Crippen LogP contribution in [0, 0.1) is 0 Å². The molecule has 1 aliphatic rings. The summed E-state index contributed by atoms with van der Waals surface area (Å²) in [6.45, 7) is 1.69. The van der Waals surface area contributed by atoms with E-state index in [2.05, 4.69) is 23.5 Å². The van der Waals surface area contributed by atoms with E-state index in [1.807, 2.05) is 47.4 Å². The molecule has 0 saturated heterocycles. The van der Waals surface area contributed by atoms with Crippen LogP contribution in [-0.2, 0) is 4.79 Å². The van der Waals surface area contributed by atoms with Gasteiger partial charge in [0.15, 0.2) is 0 Å². The van der Waals surface area contributed by atoms with Crippen molar-refractivity contribution in [1.29, 1.82) is 0 Å². The molecule has 1 aliphatic heterocycles. The van der Waals surface area contributed by atoms with E-state index in [0.717, 1.165) is 24.4 Å². The third-order valence-corrected chi connectivity index (χ3v) is 4.24. The van der Waals surface area contributed by atoms with Crippen LogP contribution in [0.2, 0.25) is 0 Å². The van der Waals surface area contributed by atoms with Gasteiger partial charge in [-0.3, -0.25) is 4.79 Å². The van der Waals surface area contributed by atoms with Crippen LogP contribution >= 0.6 is 0 Å². The second-order valence-electron chi connectivity index (χ2n) is 5.74. The molecule has 0 bridgehead atoms. The molecule has 0 atom stereocenters. The predicted molar refractivity (Wildman–Crippen MR) is 97.1 cm³/mol. The number of rotatable bonds is 5. The molecule has 4 nitrogen and oxygen atoms in total. The smallest absolute Gasteiger partial charge is 0.242 e. The minimum absolute atomic E-state index is 0.101. The normalized spacial score (nSPS) is 14.0. The molecule has 0 aliphatic carbocycles. The SMILES string of the molecule is COc1ccccc1NCC(=O)N1CC=C(c2ccccc2)CC1. The zero-order chi connectivity index (χ0) is 16.8. The highest BCUT2D eigenvalue weighted by molar-refractivity contribution is 5.82. The summed E-state index contributed by atoms with van der Waals surface area (Å²) in [4.78, 5) is 14.3. The van der Waals surface area contributed by atoms with Crippen molar-refractivity contribution in [2.24, 2.45) is 0 Å². The molecule has 3 rings (SSSR count). The fraction of sp³-hybridized carbons (Fsp3) is 0.250. The average molecular weight is 322 g/mol. The van der Waals surface area contributed by atoms with Gasteiger partial charge in [-0.2, -0.15) is 0 Å². The van der Waals surface area contributed by atoms with E-state index in [1.54, 1.807) is 7.11 Å². The summed E-state index contributed by atoms with van der Waals surface area (Å²) in [5.74, 6) is 0.847. The molecule has 1 amide bonds. The van der Waals surface area contributed by atoms with Gasteiger partial charge in [0.1, 0.15) is 5.75 Å². The summed E-state index contributed by atoms with van der Waals surface area (Å²) < 4.78 is 5.29. The van der Waals surface area contributed by atoms with E-state index in [0.29, 0.717) is 6.54 Å². The number of amides is 1. The molecular weight excluding hydrogens is 300 g/mol. The zero-order valence-electron chi connectivity index (χ0n) is 13.9. The topological polar surface area (TPSA) is 41.6 Å². The lowest BCUT2D eigenvalue weighted by Crippen LogP contribution is -2.38. The highest BCUT2D eigenvalue weighted by atomic mass is 16.5. The first-order valence-electron chi connectivity index (χ1n) is 8.17. The standard InChI is InChI=1S/C20H22N2O2/c1-24-19-10-6-5-9-18(19)21-15-20(23)22-13-11-17(12-14-22)16-7-3-2-4-8-16/h2-11,21H,12-15H2,1H3. The highest BCUT2D eigenvalue weighted by Crippen LogP contribution is 2.24. The third-order valence-electron chi connectivity index (χ3n) is 4.24. The highest BCUT2D eigenvalue weighted by Gasteiger charge is 2.17. The van der Waals surface area contributed by atoms with E-state index < -0.39 is 0 Å². The van der Waals surface area contributed by atoms with Gasteiger partial charge in [0, 0.05) is 13.1 Å². The van der Waals surface area contributed by atoms with Crippen molar-refractivity contribution in [1.82, 2.24) is 4.90 Å².